The number of ether oxygens (including phenoxy) is 1. The van der Waals surface area contributed by atoms with Crippen molar-refractivity contribution in [3.8, 4) is 5.75 Å². The number of benzene rings is 2. The normalized spacial score (nSPS) is 12.0. The zero-order valence-electron chi connectivity index (χ0n) is 12.2. The largest absolute Gasteiger partial charge is 0.494 e. The summed E-state index contributed by atoms with van der Waals surface area (Å²) in [6.45, 7) is 2.57. The fourth-order valence-corrected chi connectivity index (χ4v) is 2.11. The molecular formula is C17H21NO2. The molecule has 2 rings (SSSR count). The summed E-state index contributed by atoms with van der Waals surface area (Å²) in [4.78, 5) is 2.02. The fraction of sp³-hybridized carbons (Fsp3) is 0.294. The molecule has 3 heteroatoms. The van der Waals surface area contributed by atoms with E-state index in [1.807, 2.05) is 74.4 Å². The number of anilines is 1. The molecule has 0 aliphatic rings. The lowest BCUT2D eigenvalue weighted by molar-refractivity contribution is 0.219. The zero-order chi connectivity index (χ0) is 14.5. The SMILES string of the molecule is CCOc1cccc(C(O)c2cccc(N(C)C)c2)c1. The van der Waals surface area contributed by atoms with Crippen molar-refractivity contribution < 1.29 is 9.84 Å². The maximum Gasteiger partial charge on any atom is 0.119 e. The van der Waals surface area contributed by atoms with Gasteiger partial charge in [-0.3, -0.25) is 0 Å². The maximum atomic E-state index is 10.5. The van der Waals surface area contributed by atoms with Crippen LogP contribution < -0.4 is 9.64 Å². The molecule has 106 valence electrons. The molecule has 0 heterocycles. The second-order valence-electron chi connectivity index (χ2n) is 4.90. The number of aliphatic hydroxyl groups excluding tert-OH is 1. The Morgan fingerprint density at radius 1 is 1.05 bits per heavy atom. The monoisotopic (exact) mass is 271 g/mol. The Morgan fingerprint density at radius 3 is 2.35 bits per heavy atom. The number of hydrogen-bond donors (Lipinski definition) is 1. The predicted octanol–water partition coefficient (Wildman–Crippen LogP) is 3.23. The van der Waals surface area contributed by atoms with Crippen LogP contribution in [0.1, 0.15) is 24.2 Å². The lowest BCUT2D eigenvalue weighted by atomic mass is 10.0. The second kappa shape index (κ2) is 6.44. The van der Waals surface area contributed by atoms with Crippen LogP contribution in [-0.2, 0) is 0 Å². The van der Waals surface area contributed by atoms with E-state index >= 15 is 0 Å². The van der Waals surface area contributed by atoms with Crippen LogP contribution in [0.4, 0.5) is 5.69 Å². The van der Waals surface area contributed by atoms with E-state index in [0.717, 1.165) is 22.6 Å². The molecule has 0 saturated carbocycles. The zero-order valence-corrected chi connectivity index (χ0v) is 12.2. The Labute approximate surface area is 120 Å². The van der Waals surface area contributed by atoms with E-state index in [4.69, 9.17) is 4.74 Å². The number of aliphatic hydroxyl groups is 1. The molecule has 0 bridgehead atoms. The third kappa shape index (κ3) is 3.31. The van der Waals surface area contributed by atoms with Crippen LogP contribution in [0.3, 0.4) is 0 Å². The molecule has 1 atom stereocenters. The quantitative estimate of drug-likeness (QED) is 0.906. The van der Waals surface area contributed by atoms with Crippen molar-refractivity contribution in [2.45, 2.75) is 13.0 Å². The third-order valence-corrected chi connectivity index (χ3v) is 3.19. The lowest BCUT2D eigenvalue weighted by Gasteiger charge is -2.17. The van der Waals surface area contributed by atoms with Gasteiger partial charge < -0.3 is 14.7 Å². The molecule has 0 radical (unpaired) electrons. The summed E-state index contributed by atoms with van der Waals surface area (Å²) in [6, 6.07) is 15.5. The molecule has 2 aromatic rings. The highest BCUT2D eigenvalue weighted by Gasteiger charge is 2.12. The topological polar surface area (TPSA) is 32.7 Å². The van der Waals surface area contributed by atoms with Crippen molar-refractivity contribution in [1.82, 2.24) is 0 Å². The van der Waals surface area contributed by atoms with Gasteiger partial charge in [0.15, 0.2) is 0 Å². The number of hydrogen-bond acceptors (Lipinski definition) is 3. The Hall–Kier alpha value is -2.00. The molecule has 0 aromatic heterocycles. The van der Waals surface area contributed by atoms with Crippen molar-refractivity contribution in [2.75, 3.05) is 25.6 Å². The fourth-order valence-electron chi connectivity index (χ4n) is 2.11. The highest BCUT2D eigenvalue weighted by atomic mass is 16.5. The van der Waals surface area contributed by atoms with Crippen molar-refractivity contribution in [3.63, 3.8) is 0 Å². The van der Waals surface area contributed by atoms with E-state index in [1.165, 1.54) is 0 Å². The molecule has 0 amide bonds. The van der Waals surface area contributed by atoms with Crippen LogP contribution in [0.25, 0.3) is 0 Å². The van der Waals surface area contributed by atoms with Crippen LogP contribution in [0, 0.1) is 0 Å². The first-order valence-corrected chi connectivity index (χ1v) is 6.80. The summed E-state index contributed by atoms with van der Waals surface area (Å²) in [6.07, 6.45) is -0.643. The molecule has 3 nitrogen and oxygen atoms in total. The number of rotatable bonds is 5. The van der Waals surface area contributed by atoms with Crippen molar-refractivity contribution >= 4 is 5.69 Å². The molecule has 1 N–H and O–H groups in total. The predicted molar refractivity (Wildman–Crippen MR) is 82.4 cm³/mol. The van der Waals surface area contributed by atoms with Crippen molar-refractivity contribution in [1.29, 1.82) is 0 Å². The molecule has 2 aromatic carbocycles. The molecule has 20 heavy (non-hydrogen) atoms. The lowest BCUT2D eigenvalue weighted by Crippen LogP contribution is -2.09. The molecule has 0 aliphatic carbocycles. The summed E-state index contributed by atoms with van der Waals surface area (Å²) < 4.78 is 5.48. The van der Waals surface area contributed by atoms with Gasteiger partial charge in [0.25, 0.3) is 0 Å². The first-order valence-electron chi connectivity index (χ1n) is 6.80. The van der Waals surface area contributed by atoms with Crippen molar-refractivity contribution in [3.05, 3.63) is 59.7 Å². The Kier molecular flexibility index (Phi) is 4.64. The minimum atomic E-state index is -0.643. The van der Waals surface area contributed by atoms with Gasteiger partial charge in [-0.15, -0.1) is 0 Å². The molecule has 1 unspecified atom stereocenters. The van der Waals surface area contributed by atoms with E-state index in [-0.39, 0.29) is 0 Å². The summed E-state index contributed by atoms with van der Waals surface area (Å²) >= 11 is 0. The van der Waals surface area contributed by atoms with Crippen LogP contribution in [0.15, 0.2) is 48.5 Å². The van der Waals surface area contributed by atoms with Gasteiger partial charge in [0.1, 0.15) is 11.9 Å². The Balaban J connectivity index is 2.28. The van der Waals surface area contributed by atoms with Crippen LogP contribution >= 0.6 is 0 Å². The van der Waals surface area contributed by atoms with E-state index < -0.39 is 6.10 Å². The summed E-state index contributed by atoms with van der Waals surface area (Å²) in [5.74, 6) is 0.785. The average molecular weight is 271 g/mol. The minimum absolute atomic E-state index is 0.621. The minimum Gasteiger partial charge on any atom is -0.494 e. The molecule has 0 saturated heterocycles. The van der Waals surface area contributed by atoms with E-state index in [1.54, 1.807) is 0 Å². The molecule has 0 spiro atoms. The van der Waals surface area contributed by atoms with E-state index in [0.29, 0.717) is 6.61 Å². The molecular weight excluding hydrogens is 250 g/mol. The van der Waals surface area contributed by atoms with Crippen LogP contribution in [-0.4, -0.2) is 25.8 Å². The van der Waals surface area contributed by atoms with Gasteiger partial charge in [0, 0.05) is 19.8 Å². The Morgan fingerprint density at radius 2 is 1.70 bits per heavy atom. The van der Waals surface area contributed by atoms with Crippen LogP contribution in [0.5, 0.6) is 5.75 Å². The van der Waals surface area contributed by atoms with Crippen LogP contribution in [0.2, 0.25) is 0 Å². The van der Waals surface area contributed by atoms with Gasteiger partial charge in [0.05, 0.1) is 6.61 Å². The van der Waals surface area contributed by atoms with Gasteiger partial charge in [0.2, 0.25) is 0 Å². The molecule has 0 aliphatic heterocycles. The summed E-state index contributed by atoms with van der Waals surface area (Å²) in [7, 11) is 3.97. The van der Waals surface area contributed by atoms with Gasteiger partial charge in [-0.05, 0) is 42.3 Å². The summed E-state index contributed by atoms with van der Waals surface area (Å²) in [5.41, 5.74) is 2.79. The second-order valence-corrected chi connectivity index (χ2v) is 4.90. The summed E-state index contributed by atoms with van der Waals surface area (Å²) in [5, 5.41) is 10.5. The average Bonchev–Trinajstić information content (AvgIpc) is 2.47. The first-order chi connectivity index (χ1) is 9.61. The molecule has 0 fully saturated rings. The first kappa shape index (κ1) is 14.4. The van der Waals surface area contributed by atoms with Gasteiger partial charge >= 0.3 is 0 Å². The van der Waals surface area contributed by atoms with E-state index in [9.17, 15) is 5.11 Å². The van der Waals surface area contributed by atoms with Gasteiger partial charge in [-0.25, -0.2) is 0 Å². The number of nitrogens with zero attached hydrogens (tertiary/aromatic N) is 1. The Bertz CT molecular complexity index is 566. The van der Waals surface area contributed by atoms with Gasteiger partial charge in [-0.1, -0.05) is 24.3 Å². The standard InChI is InChI=1S/C17H21NO2/c1-4-20-16-10-6-8-14(12-16)17(19)13-7-5-9-15(11-13)18(2)3/h5-12,17,19H,4H2,1-3H3. The maximum absolute atomic E-state index is 10.5. The van der Waals surface area contributed by atoms with Crippen molar-refractivity contribution in [2.24, 2.45) is 0 Å². The smallest absolute Gasteiger partial charge is 0.119 e. The highest BCUT2D eigenvalue weighted by molar-refractivity contribution is 5.49. The van der Waals surface area contributed by atoms with E-state index in [2.05, 4.69) is 0 Å². The third-order valence-electron chi connectivity index (χ3n) is 3.19. The van der Waals surface area contributed by atoms with Gasteiger partial charge in [-0.2, -0.15) is 0 Å². The highest BCUT2D eigenvalue weighted by Crippen LogP contribution is 2.27.